The maximum atomic E-state index is 13.2. The number of pyridine rings is 1. The lowest BCUT2D eigenvalue weighted by Gasteiger charge is -2.29. The zero-order valence-corrected chi connectivity index (χ0v) is 17.1. The number of amides is 1. The Morgan fingerprint density at radius 1 is 0.968 bits per heavy atom. The maximum absolute atomic E-state index is 13.2. The number of carbonyl (C=O) groups is 1. The van der Waals surface area contributed by atoms with E-state index in [9.17, 15) is 9.59 Å². The minimum absolute atomic E-state index is 0.0853. The Morgan fingerprint density at radius 2 is 1.77 bits per heavy atom. The first-order valence-electron chi connectivity index (χ1n) is 10.5. The number of rotatable bonds is 4. The molecule has 0 unspecified atom stereocenters. The molecule has 6 heteroatoms. The normalized spacial score (nSPS) is 13.2. The first-order valence-corrected chi connectivity index (χ1v) is 10.5. The van der Waals surface area contributed by atoms with Crippen LogP contribution in [0.2, 0.25) is 0 Å². The zero-order chi connectivity index (χ0) is 21.2. The number of fused-ring (bicyclic) bond motifs is 2. The highest BCUT2D eigenvalue weighted by atomic mass is 16.2. The molecule has 3 heterocycles. The lowest BCUT2D eigenvalue weighted by molar-refractivity contribution is -0.119. The summed E-state index contributed by atoms with van der Waals surface area (Å²) in [5.41, 5.74) is 3.61. The Balaban J connectivity index is 1.52. The molecule has 1 amide bonds. The van der Waals surface area contributed by atoms with E-state index in [-0.39, 0.29) is 18.0 Å². The lowest BCUT2D eigenvalue weighted by atomic mass is 10.0. The van der Waals surface area contributed by atoms with Gasteiger partial charge in [-0.15, -0.1) is 0 Å². The highest BCUT2D eigenvalue weighted by molar-refractivity contribution is 5.94. The van der Waals surface area contributed by atoms with Gasteiger partial charge in [0.25, 0.3) is 5.56 Å². The van der Waals surface area contributed by atoms with Crippen LogP contribution in [0.5, 0.6) is 0 Å². The van der Waals surface area contributed by atoms with E-state index in [1.165, 1.54) is 4.68 Å². The molecule has 2 aromatic carbocycles. The summed E-state index contributed by atoms with van der Waals surface area (Å²) in [6.45, 7) is 0.568. The highest BCUT2D eigenvalue weighted by Gasteiger charge is 2.23. The average Bonchev–Trinajstić information content (AvgIpc) is 2.82. The second-order valence-corrected chi connectivity index (χ2v) is 7.77. The van der Waals surface area contributed by atoms with E-state index >= 15 is 0 Å². The van der Waals surface area contributed by atoms with Gasteiger partial charge in [0.05, 0.1) is 11.1 Å². The molecule has 4 aromatic rings. The van der Waals surface area contributed by atoms with Crippen molar-refractivity contribution in [2.24, 2.45) is 0 Å². The van der Waals surface area contributed by atoms with Crippen LogP contribution < -0.4 is 10.5 Å². The Bertz CT molecular complexity index is 1310. The van der Waals surface area contributed by atoms with Crippen LogP contribution in [0, 0.1) is 0 Å². The molecular formula is C25H22N4O2. The summed E-state index contributed by atoms with van der Waals surface area (Å²) in [5.74, 6) is -0.121. The van der Waals surface area contributed by atoms with Crippen LogP contribution in [-0.2, 0) is 24.2 Å². The number of aryl methyl sites for hydroxylation is 1. The number of aromatic nitrogens is 3. The van der Waals surface area contributed by atoms with Crippen LogP contribution in [0.1, 0.15) is 23.2 Å². The van der Waals surface area contributed by atoms with Gasteiger partial charge in [0.15, 0.2) is 0 Å². The van der Waals surface area contributed by atoms with Gasteiger partial charge in [0, 0.05) is 36.4 Å². The molecule has 5 rings (SSSR count). The Hall–Kier alpha value is -3.80. The standard InChI is InChI=1S/C25H22N4O2/c30-24(28-14-6-9-19-8-1-4-12-23(19)28)17-29-25(31)21-11-3-2-10-20(21)22(27-29)15-18-7-5-13-26-16-18/h1-5,7-8,10-13,16H,6,9,14-15,17H2. The number of benzene rings is 2. The van der Waals surface area contributed by atoms with E-state index in [4.69, 9.17) is 0 Å². The fourth-order valence-electron chi connectivity index (χ4n) is 4.25. The average molecular weight is 410 g/mol. The molecule has 0 aliphatic carbocycles. The van der Waals surface area contributed by atoms with Crippen LogP contribution in [0.25, 0.3) is 10.8 Å². The van der Waals surface area contributed by atoms with E-state index in [0.717, 1.165) is 40.7 Å². The summed E-state index contributed by atoms with van der Waals surface area (Å²) in [6, 6.07) is 19.3. The quantitative estimate of drug-likeness (QED) is 0.517. The molecule has 1 aliphatic rings. The van der Waals surface area contributed by atoms with E-state index in [2.05, 4.69) is 16.1 Å². The van der Waals surface area contributed by atoms with Crippen LogP contribution in [0.4, 0.5) is 5.69 Å². The number of anilines is 1. The van der Waals surface area contributed by atoms with Crippen molar-refractivity contribution < 1.29 is 4.79 Å². The summed E-state index contributed by atoms with van der Waals surface area (Å²) < 4.78 is 1.31. The molecule has 154 valence electrons. The molecule has 0 radical (unpaired) electrons. The van der Waals surface area contributed by atoms with Crippen molar-refractivity contribution in [1.29, 1.82) is 0 Å². The van der Waals surface area contributed by atoms with Crippen molar-refractivity contribution in [3.05, 3.63) is 100 Å². The summed E-state index contributed by atoms with van der Waals surface area (Å²) in [6.07, 6.45) is 5.93. The Kier molecular flexibility index (Phi) is 5.04. The molecule has 0 atom stereocenters. The highest BCUT2D eigenvalue weighted by Crippen LogP contribution is 2.27. The molecule has 6 nitrogen and oxygen atoms in total. The third kappa shape index (κ3) is 3.72. The van der Waals surface area contributed by atoms with Crippen LogP contribution >= 0.6 is 0 Å². The molecule has 0 spiro atoms. The van der Waals surface area contributed by atoms with E-state index in [0.29, 0.717) is 18.4 Å². The molecule has 0 fully saturated rings. The number of hydrogen-bond donors (Lipinski definition) is 0. The van der Waals surface area contributed by atoms with E-state index in [1.54, 1.807) is 23.4 Å². The number of hydrogen-bond acceptors (Lipinski definition) is 4. The predicted octanol–water partition coefficient (Wildman–Crippen LogP) is 3.36. The van der Waals surface area contributed by atoms with Gasteiger partial charge < -0.3 is 4.90 Å². The van der Waals surface area contributed by atoms with Gasteiger partial charge >= 0.3 is 0 Å². The fourth-order valence-corrected chi connectivity index (χ4v) is 4.25. The molecule has 1 aliphatic heterocycles. The smallest absolute Gasteiger partial charge is 0.275 e. The van der Waals surface area contributed by atoms with Crippen molar-refractivity contribution in [1.82, 2.24) is 14.8 Å². The SMILES string of the molecule is O=C(Cn1nc(Cc2cccnc2)c2ccccc2c1=O)N1CCCc2ccccc21. The summed E-state index contributed by atoms with van der Waals surface area (Å²) in [7, 11) is 0. The lowest BCUT2D eigenvalue weighted by Crippen LogP contribution is -2.40. The monoisotopic (exact) mass is 410 g/mol. The third-order valence-corrected chi connectivity index (χ3v) is 5.73. The summed E-state index contributed by atoms with van der Waals surface area (Å²) in [5, 5.41) is 6.00. The summed E-state index contributed by atoms with van der Waals surface area (Å²) in [4.78, 5) is 32.3. The van der Waals surface area contributed by atoms with Crippen molar-refractivity contribution >= 4 is 22.4 Å². The van der Waals surface area contributed by atoms with E-state index < -0.39 is 0 Å². The second kappa shape index (κ2) is 8.14. The van der Waals surface area contributed by atoms with Gasteiger partial charge in [-0.05, 0) is 42.2 Å². The van der Waals surface area contributed by atoms with Crippen molar-refractivity contribution in [2.75, 3.05) is 11.4 Å². The number of carbonyl (C=O) groups excluding carboxylic acids is 1. The summed E-state index contributed by atoms with van der Waals surface area (Å²) >= 11 is 0. The molecule has 0 saturated heterocycles. The third-order valence-electron chi connectivity index (χ3n) is 5.73. The molecule has 0 bridgehead atoms. The second-order valence-electron chi connectivity index (χ2n) is 7.77. The van der Waals surface area contributed by atoms with Crippen LogP contribution in [0.3, 0.4) is 0 Å². The zero-order valence-electron chi connectivity index (χ0n) is 17.1. The predicted molar refractivity (Wildman–Crippen MR) is 120 cm³/mol. The van der Waals surface area contributed by atoms with Gasteiger partial charge in [-0.3, -0.25) is 14.6 Å². The Morgan fingerprint density at radius 3 is 2.61 bits per heavy atom. The number of para-hydroxylation sites is 1. The molecule has 0 N–H and O–H groups in total. The Labute approximate surface area is 179 Å². The fraction of sp³-hybridized carbons (Fsp3) is 0.200. The minimum atomic E-state index is -0.246. The van der Waals surface area contributed by atoms with Crippen molar-refractivity contribution in [3.63, 3.8) is 0 Å². The van der Waals surface area contributed by atoms with Crippen molar-refractivity contribution in [3.8, 4) is 0 Å². The van der Waals surface area contributed by atoms with Gasteiger partial charge in [0.1, 0.15) is 6.54 Å². The maximum Gasteiger partial charge on any atom is 0.275 e. The van der Waals surface area contributed by atoms with Gasteiger partial charge in [-0.25, -0.2) is 4.68 Å². The first kappa shape index (κ1) is 19.2. The molecule has 2 aromatic heterocycles. The van der Waals surface area contributed by atoms with Gasteiger partial charge in [-0.1, -0.05) is 42.5 Å². The molecular weight excluding hydrogens is 388 g/mol. The number of nitrogens with zero attached hydrogens (tertiary/aromatic N) is 4. The largest absolute Gasteiger partial charge is 0.311 e. The topological polar surface area (TPSA) is 68.1 Å². The van der Waals surface area contributed by atoms with Crippen molar-refractivity contribution in [2.45, 2.75) is 25.8 Å². The van der Waals surface area contributed by atoms with Crippen LogP contribution in [0.15, 0.2) is 77.9 Å². The molecule has 0 saturated carbocycles. The van der Waals surface area contributed by atoms with Crippen LogP contribution in [-0.4, -0.2) is 27.2 Å². The minimum Gasteiger partial charge on any atom is -0.311 e. The molecule has 31 heavy (non-hydrogen) atoms. The van der Waals surface area contributed by atoms with Gasteiger partial charge in [0.2, 0.25) is 5.91 Å². The first-order chi connectivity index (χ1) is 15.2. The van der Waals surface area contributed by atoms with Gasteiger partial charge in [-0.2, -0.15) is 5.10 Å². The van der Waals surface area contributed by atoms with E-state index in [1.807, 2.05) is 48.5 Å².